The second-order valence-electron chi connectivity index (χ2n) is 6.26. The monoisotopic (exact) mass is 348 g/mol. The highest BCUT2D eigenvalue weighted by atomic mass is 32.2. The molecule has 0 aliphatic carbocycles. The predicted molar refractivity (Wildman–Crippen MR) is 77.8 cm³/mol. The second kappa shape index (κ2) is 6.00. The average Bonchev–Trinajstić information content (AvgIpc) is 2.68. The maximum atomic E-state index is 13.3. The van der Waals surface area contributed by atoms with Gasteiger partial charge in [0.05, 0.1) is 5.56 Å². The number of fused-ring (bicyclic) bond motifs is 2. The van der Waals surface area contributed by atoms with Gasteiger partial charge in [0.1, 0.15) is 11.6 Å². The van der Waals surface area contributed by atoms with Gasteiger partial charge in [0, 0.05) is 33.6 Å². The van der Waals surface area contributed by atoms with Crippen LogP contribution in [0.4, 0.5) is 17.6 Å². The first-order valence-electron chi connectivity index (χ1n) is 7.53. The minimum absolute atomic E-state index is 0.0164. The Balaban J connectivity index is 1.78. The van der Waals surface area contributed by atoms with E-state index in [4.69, 9.17) is 0 Å². The van der Waals surface area contributed by atoms with Gasteiger partial charge < -0.3 is 0 Å². The molecule has 2 fully saturated rings. The normalized spacial score (nSPS) is 30.4. The van der Waals surface area contributed by atoms with Crippen LogP contribution < -0.4 is 0 Å². The van der Waals surface area contributed by atoms with Gasteiger partial charge in [-0.25, -0.2) is 4.39 Å². The van der Waals surface area contributed by atoms with Crippen molar-refractivity contribution in [3.63, 3.8) is 0 Å². The maximum absolute atomic E-state index is 13.3. The van der Waals surface area contributed by atoms with E-state index in [9.17, 15) is 26.6 Å². The summed E-state index contributed by atoms with van der Waals surface area (Å²) in [6.07, 6.45) is -2.47. The van der Waals surface area contributed by atoms with E-state index >= 15 is 0 Å². The van der Waals surface area contributed by atoms with Crippen LogP contribution in [0.25, 0.3) is 0 Å². The highest BCUT2D eigenvalue weighted by molar-refractivity contribution is 7.86. The zero-order valence-corrected chi connectivity index (χ0v) is 13.1. The molecule has 2 atom stereocenters. The number of Topliss-reactive ketones (excluding diaryl/α,β-unsaturated/α-hetero) is 1. The van der Waals surface area contributed by atoms with E-state index in [0.717, 1.165) is 25.0 Å². The molecular weight excluding hydrogens is 332 g/mol. The van der Waals surface area contributed by atoms with E-state index in [1.807, 2.05) is 0 Å². The highest BCUT2D eigenvalue weighted by Crippen LogP contribution is 2.40. The van der Waals surface area contributed by atoms with E-state index in [1.54, 1.807) is 0 Å². The molecular formula is C16H16F4O2S. The van der Waals surface area contributed by atoms with Crippen LogP contribution in [0.2, 0.25) is 0 Å². The van der Waals surface area contributed by atoms with Crippen molar-refractivity contribution in [3.8, 4) is 0 Å². The molecule has 0 amide bonds. The van der Waals surface area contributed by atoms with Crippen LogP contribution in [-0.4, -0.2) is 20.5 Å². The molecule has 0 aromatic heterocycles. The molecule has 2 heterocycles. The van der Waals surface area contributed by atoms with Crippen molar-refractivity contribution in [2.24, 2.45) is 5.92 Å². The maximum Gasteiger partial charge on any atom is 0.416 e. The molecule has 0 saturated carbocycles. The largest absolute Gasteiger partial charge is 0.416 e. The standard InChI is InChI=1S/C16H16F4O2S/c17-11-1-4-14(16(18,19)20)9(5-11)8-15(21)10-6-12-2-3-13(7-10)23(12)22/h1,4-5,10,12-13H,2-3,6-8H2. The fourth-order valence-corrected chi connectivity index (χ4v) is 5.74. The van der Waals surface area contributed by atoms with Gasteiger partial charge in [-0.1, -0.05) is 0 Å². The summed E-state index contributed by atoms with van der Waals surface area (Å²) in [5.41, 5.74) is -1.28. The number of carbonyl (C=O) groups is 1. The summed E-state index contributed by atoms with van der Waals surface area (Å²) in [6, 6.07) is 2.22. The molecule has 23 heavy (non-hydrogen) atoms. The number of hydrogen-bond donors (Lipinski definition) is 0. The van der Waals surface area contributed by atoms with Crippen LogP contribution in [0.5, 0.6) is 0 Å². The van der Waals surface area contributed by atoms with Crippen molar-refractivity contribution in [1.82, 2.24) is 0 Å². The van der Waals surface area contributed by atoms with Crippen molar-refractivity contribution in [3.05, 3.63) is 35.1 Å². The van der Waals surface area contributed by atoms with Crippen LogP contribution in [0.3, 0.4) is 0 Å². The minimum atomic E-state index is -4.61. The second-order valence-corrected chi connectivity index (χ2v) is 8.25. The Morgan fingerprint density at radius 2 is 1.78 bits per heavy atom. The third-order valence-electron chi connectivity index (χ3n) is 4.76. The smallest absolute Gasteiger partial charge is 0.299 e. The molecule has 2 aliphatic rings. The van der Waals surface area contributed by atoms with Crippen molar-refractivity contribution in [2.75, 3.05) is 0 Å². The number of rotatable bonds is 3. The van der Waals surface area contributed by atoms with Gasteiger partial charge in [-0.3, -0.25) is 9.00 Å². The van der Waals surface area contributed by atoms with Gasteiger partial charge in [-0.05, 0) is 49.4 Å². The molecule has 2 nitrogen and oxygen atoms in total. The van der Waals surface area contributed by atoms with Gasteiger partial charge in [0.15, 0.2) is 0 Å². The van der Waals surface area contributed by atoms with Gasteiger partial charge in [0.2, 0.25) is 0 Å². The average molecular weight is 348 g/mol. The number of hydrogen-bond acceptors (Lipinski definition) is 2. The summed E-state index contributed by atoms with van der Waals surface area (Å²) in [4.78, 5) is 12.4. The summed E-state index contributed by atoms with van der Waals surface area (Å²) in [6.45, 7) is 0. The number of benzene rings is 1. The van der Waals surface area contributed by atoms with Gasteiger partial charge in [-0.15, -0.1) is 0 Å². The molecule has 1 aromatic rings. The predicted octanol–water partition coefficient (Wildman–Crippen LogP) is 3.65. The van der Waals surface area contributed by atoms with Crippen LogP contribution in [0.15, 0.2) is 18.2 Å². The van der Waals surface area contributed by atoms with Crippen molar-refractivity contribution in [1.29, 1.82) is 0 Å². The van der Waals surface area contributed by atoms with E-state index < -0.39 is 34.8 Å². The zero-order valence-electron chi connectivity index (χ0n) is 12.2. The van der Waals surface area contributed by atoms with Gasteiger partial charge in [-0.2, -0.15) is 13.2 Å². The summed E-state index contributed by atoms with van der Waals surface area (Å²) in [5, 5.41) is -0.0328. The van der Waals surface area contributed by atoms with Crippen LogP contribution in [-0.2, 0) is 28.2 Å². The Bertz CT molecular complexity index is 640. The molecule has 2 saturated heterocycles. The fourth-order valence-electron chi connectivity index (χ4n) is 3.61. The fraction of sp³-hybridized carbons (Fsp3) is 0.562. The molecule has 1 aromatic carbocycles. The Morgan fingerprint density at radius 1 is 1.17 bits per heavy atom. The lowest BCUT2D eigenvalue weighted by Gasteiger charge is -2.26. The lowest BCUT2D eigenvalue weighted by atomic mass is 9.89. The van der Waals surface area contributed by atoms with E-state index in [0.29, 0.717) is 18.9 Å². The van der Waals surface area contributed by atoms with E-state index in [-0.39, 0.29) is 27.8 Å². The number of ketones is 1. The third kappa shape index (κ3) is 3.34. The SMILES string of the molecule is O=C(Cc1cc(F)ccc1C(F)(F)F)C1CC2CCC(C1)S2=O. The van der Waals surface area contributed by atoms with Crippen LogP contribution >= 0.6 is 0 Å². The number of carbonyl (C=O) groups excluding carboxylic acids is 1. The summed E-state index contributed by atoms with van der Waals surface area (Å²) in [7, 11) is -0.917. The van der Waals surface area contributed by atoms with Crippen LogP contribution in [0, 0.1) is 11.7 Å². The number of halogens is 4. The first-order valence-corrected chi connectivity index (χ1v) is 8.81. The topological polar surface area (TPSA) is 34.1 Å². The Morgan fingerprint density at radius 3 is 2.35 bits per heavy atom. The molecule has 3 rings (SSSR count). The molecule has 2 bridgehead atoms. The van der Waals surface area contributed by atoms with Gasteiger partial charge >= 0.3 is 6.18 Å². The Kier molecular flexibility index (Phi) is 4.33. The van der Waals surface area contributed by atoms with E-state index in [1.165, 1.54) is 0 Å². The lowest BCUT2D eigenvalue weighted by molar-refractivity contribution is -0.138. The van der Waals surface area contributed by atoms with Gasteiger partial charge in [0.25, 0.3) is 0 Å². The van der Waals surface area contributed by atoms with E-state index in [2.05, 4.69) is 0 Å². The minimum Gasteiger partial charge on any atom is -0.299 e. The molecule has 2 aliphatic heterocycles. The highest BCUT2D eigenvalue weighted by Gasteiger charge is 2.43. The zero-order chi connectivity index (χ0) is 16.8. The lowest BCUT2D eigenvalue weighted by Crippen LogP contribution is -2.33. The molecule has 0 N–H and O–H groups in total. The first kappa shape index (κ1) is 16.6. The number of alkyl halides is 3. The first-order chi connectivity index (χ1) is 10.8. The molecule has 2 unspecified atom stereocenters. The molecule has 7 heteroatoms. The van der Waals surface area contributed by atoms with Crippen molar-refractivity contribution >= 4 is 16.6 Å². The summed E-state index contributed by atoms with van der Waals surface area (Å²) in [5.74, 6) is -1.46. The third-order valence-corrected chi connectivity index (χ3v) is 6.93. The molecule has 126 valence electrons. The van der Waals surface area contributed by atoms with Crippen LogP contribution in [0.1, 0.15) is 36.8 Å². The van der Waals surface area contributed by atoms with Crippen molar-refractivity contribution < 1.29 is 26.6 Å². The summed E-state index contributed by atoms with van der Waals surface area (Å²) < 4.78 is 64.2. The quantitative estimate of drug-likeness (QED) is 0.782. The Labute approximate surface area is 133 Å². The molecule has 0 radical (unpaired) electrons. The van der Waals surface area contributed by atoms with Crippen molar-refractivity contribution in [2.45, 2.75) is 48.8 Å². The summed E-state index contributed by atoms with van der Waals surface area (Å²) >= 11 is 0. The Hall–Kier alpha value is -1.24. The molecule has 0 spiro atoms.